The zero-order chi connectivity index (χ0) is 52.9. The van der Waals surface area contributed by atoms with Crippen molar-refractivity contribution in [3.8, 4) is 0 Å². The summed E-state index contributed by atoms with van der Waals surface area (Å²) in [6, 6.07) is -0.819. The molecule has 9 heteroatoms. The first kappa shape index (κ1) is 69.4. The number of allylic oxidation sites excluding steroid dienone is 5. The number of carbonyl (C=O) groups excluding carboxylic acids is 1. The molecule has 0 saturated carbocycles. The van der Waals surface area contributed by atoms with E-state index in [9.17, 15) is 30.3 Å². The fourth-order valence-electron chi connectivity index (χ4n) is 10.2. The number of ether oxygens (including phenoxy) is 2. The highest BCUT2D eigenvalue weighted by Gasteiger charge is 2.44. The SMILES string of the molecule is CCCCCCCCC/C=C/CC/C=C/C(O)C(COC1OC(CO)C(O)C(O)C1O)NC(=O)CCCCCCCCCCCCCCCCCCCCCCCCCCC/C=C\CCCCCCCCCC. The van der Waals surface area contributed by atoms with Crippen LogP contribution >= 0.6 is 0 Å². The van der Waals surface area contributed by atoms with Gasteiger partial charge in [0.2, 0.25) is 5.91 Å². The van der Waals surface area contributed by atoms with E-state index in [-0.39, 0.29) is 12.5 Å². The Morgan fingerprint density at radius 1 is 0.452 bits per heavy atom. The van der Waals surface area contributed by atoms with Crippen LogP contribution < -0.4 is 5.32 Å². The van der Waals surface area contributed by atoms with E-state index in [1.54, 1.807) is 6.08 Å². The maximum Gasteiger partial charge on any atom is 0.220 e. The van der Waals surface area contributed by atoms with Gasteiger partial charge >= 0.3 is 0 Å². The second-order valence-electron chi connectivity index (χ2n) is 22.2. The summed E-state index contributed by atoms with van der Waals surface area (Å²) in [5, 5.41) is 54.4. The van der Waals surface area contributed by atoms with E-state index in [0.29, 0.717) is 6.42 Å². The first-order chi connectivity index (χ1) is 35.8. The van der Waals surface area contributed by atoms with Crippen LogP contribution in [0.4, 0.5) is 0 Å². The maximum absolute atomic E-state index is 13.0. The van der Waals surface area contributed by atoms with Crippen LogP contribution in [0.5, 0.6) is 0 Å². The van der Waals surface area contributed by atoms with Gasteiger partial charge in [-0.15, -0.1) is 0 Å². The van der Waals surface area contributed by atoms with E-state index in [4.69, 9.17) is 9.47 Å². The van der Waals surface area contributed by atoms with Crippen molar-refractivity contribution in [1.29, 1.82) is 0 Å². The summed E-state index contributed by atoms with van der Waals surface area (Å²) in [4.78, 5) is 13.0. The number of rotatable bonds is 55. The standard InChI is InChI=1S/C64H121NO8/c1-3-5-7-9-11-13-15-17-18-19-20-21-22-23-24-25-26-27-28-29-30-31-32-33-34-35-36-37-38-39-40-42-44-46-48-50-52-54-60(68)65-57(56-72-64-63(71)62(70)61(69)59(55-66)73-64)58(67)53-51-49-47-45-43-41-16-14-12-10-8-6-4-2/h19-20,43,45,51,53,57-59,61-64,66-67,69-71H,3-18,21-42,44,46-50,52,54-56H2,1-2H3,(H,65,68)/b20-19-,45-43+,53-51+. The number of hydrogen-bond donors (Lipinski definition) is 6. The summed E-state index contributed by atoms with van der Waals surface area (Å²) >= 11 is 0. The van der Waals surface area contributed by atoms with Gasteiger partial charge < -0.3 is 40.3 Å². The van der Waals surface area contributed by atoms with Gasteiger partial charge in [-0.05, 0) is 57.8 Å². The molecule has 0 aromatic rings. The lowest BCUT2D eigenvalue weighted by Gasteiger charge is -2.40. The molecule has 0 aromatic heterocycles. The molecule has 0 spiro atoms. The van der Waals surface area contributed by atoms with Gasteiger partial charge in [-0.3, -0.25) is 4.79 Å². The van der Waals surface area contributed by atoms with Crippen LogP contribution in [0.15, 0.2) is 36.5 Å². The van der Waals surface area contributed by atoms with E-state index in [0.717, 1.165) is 38.5 Å². The molecule has 0 bridgehead atoms. The third-order valence-corrected chi connectivity index (χ3v) is 15.2. The van der Waals surface area contributed by atoms with E-state index in [1.807, 2.05) is 6.08 Å². The lowest BCUT2D eigenvalue weighted by Crippen LogP contribution is -2.60. The minimum atomic E-state index is -1.57. The average molecular weight is 1030 g/mol. The number of aliphatic hydroxyl groups excluding tert-OH is 5. The summed E-state index contributed by atoms with van der Waals surface area (Å²) in [6.07, 6.45) is 64.0. The van der Waals surface area contributed by atoms with Crippen LogP contribution in [-0.4, -0.2) is 87.5 Å². The summed E-state index contributed by atoms with van der Waals surface area (Å²) in [6.45, 7) is 3.77. The average Bonchev–Trinajstić information content (AvgIpc) is 3.39. The molecule has 430 valence electrons. The molecule has 1 aliphatic rings. The van der Waals surface area contributed by atoms with Crippen molar-refractivity contribution >= 4 is 5.91 Å². The van der Waals surface area contributed by atoms with Crippen molar-refractivity contribution < 1.29 is 39.8 Å². The number of amides is 1. The molecule has 1 amide bonds. The summed E-state index contributed by atoms with van der Waals surface area (Å²) in [5.41, 5.74) is 0. The van der Waals surface area contributed by atoms with Crippen molar-refractivity contribution in [2.45, 2.75) is 352 Å². The zero-order valence-corrected chi connectivity index (χ0v) is 47.9. The molecule has 1 aliphatic heterocycles. The molecule has 6 N–H and O–H groups in total. The largest absolute Gasteiger partial charge is 0.394 e. The van der Waals surface area contributed by atoms with Crippen molar-refractivity contribution in [3.63, 3.8) is 0 Å². The molecular weight excluding hydrogens is 911 g/mol. The molecule has 0 radical (unpaired) electrons. The second-order valence-corrected chi connectivity index (χ2v) is 22.2. The van der Waals surface area contributed by atoms with Crippen LogP contribution in [0.3, 0.4) is 0 Å². The summed E-state index contributed by atoms with van der Waals surface area (Å²) in [5.74, 6) is -0.182. The molecular formula is C64H121NO8. The van der Waals surface area contributed by atoms with Crippen LogP contribution in [0, 0.1) is 0 Å². The van der Waals surface area contributed by atoms with Gasteiger partial charge in [0.15, 0.2) is 6.29 Å². The van der Waals surface area contributed by atoms with E-state index < -0.39 is 49.5 Å². The number of carbonyl (C=O) groups is 1. The van der Waals surface area contributed by atoms with Gasteiger partial charge in [0, 0.05) is 6.42 Å². The molecule has 0 aliphatic carbocycles. The predicted octanol–water partition coefficient (Wildman–Crippen LogP) is 16.3. The number of nitrogens with one attached hydrogen (secondary N) is 1. The lowest BCUT2D eigenvalue weighted by molar-refractivity contribution is -0.302. The first-order valence-electron chi connectivity index (χ1n) is 31.7. The Morgan fingerprint density at radius 2 is 0.781 bits per heavy atom. The highest BCUT2D eigenvalue weighted by atomic mass is 16.7. The molecule has 0 aromatic carbocycles. The molecule has 9 nitrogen and oxygen atoms in total. The summed E-state index contributed by atoms with van der Waals surface area (Å²) < 4.78 is 11.2. The minimum absolute atomic E-state index is 0.182. The lowest BCUT2D eigenvalue weighted by atomic mass is 9.99. The molecule has 73 heavy (non-hydrogen) atoms. The molecule has 1 fully saturated rings. The van der Waals surface area contributed by atoms with Gasteiger partial charge in [-0.1, -0.05) is 281 Å². The van der Waals surface area contributed by atoms with E-state index >= 15 is 0 Å². The maximum atomic E-state index is 13.0. The zero-order valence-electron chi connectivity index (χ0n) is 47.9. The van der Waals surface area contributed by atoms with Crippen molar-refractivity contribution in [1.82, 2.24) is 5.32 Å². The topological polar surface area (TPSA) is 149 Å². The van der Waals surface area contributed by atoms with Crippen molar-refractivity contribution in [3.05, 3.63) is 36.5 Å². The monoisotopic (exact) mass is 1030 g/mol. The van der Waals surface area contributed by atoms with Crippen LogP contribution in [0.2, 0.25) is 0 Å². The molecule has 1 saturated heterocycles. The van der Waals surface area contributed by atoms with Crippen LogP contribution in [-0.2, 0) is 14.3 Å². The fourth-order valence-corrected chi connectivity index (χ4v) is 10.2. The fraction of sp³-hybridized carbons (Fsp3) is 0.891. The minimum Gasteiger partial charge on any atom is -0.394 e. The number of unbranched alkanes of at least 4 members (excludes halogenated alkanes) is 41. The van der Waals surface area contributed by atoms with Gasteiger partial charge in [-0.25, -0.2) is 0 Å². The predicted molar refractivity (Wildman–Crippen MR) is 309 cm³/mol. The number of hydrogen-bond acceptors (Lipinski definition) is 8. The second kappa shape index (κ2) is 53.8. The van der Waals surface area contributed by atoms with Gasteiger partial charge in [0.1, 0.15) is 24.4 Å². The Kier molecular flexibility index (Phi) is 51.2. The van der Waals surface area contributed by atoms with Crippen LogP contribution in [0.1, 0.15) is 309 Å². The summed E-state index contributed by atoms with van der Waals surface area (Å²) in [7, 11) is 0. The Hall–Kier alpha value is -1.59. The Balaban J connectivity index is 2.05. The highest BCUT2D eigenvalue weighted by Crippen LogP contribution is 2.23. The first-order valence-corrected chi connectivity index (χ1v) is 31.7. The molecule has 1 heterocycles. The Bertz CT molecular complexity index is 1240. The van der Waals surface area contributed by atoms with E-state index in [2.05, 4.69) is 43.5 Å². The molecule has 7 unspecified atom stereocenters. The van der Waals surface area contributed by atoms with Gasteiger partial charge in [-0.2, -0.15) is 0 Å². The van der Waals surface area contributed by atoms with Crippen molar-refractivity contribution in [2.75, 3.05) is 13.2 Å². The quantitative estimate of drug-likeness (QED) is 0.0261. The smallest absolute Gasteiger partial charge is 0.220 e. The van der Waals surface area contributed by atoms with Crippen molar-refractivity contribution in [2.24, 2.45) is 0 Å². The third kappa shape index (κ3) is 43.1. The normalized spacial score (nSPS) is 19.2. The molecule has 1 rings (SSSR count). The van der Waals surface area contributed by atoms with Crippen LogP contribution in [0.25, 0.3) is 0 Å². The Morgan fingerprint density at radius 3 is 1.15 bits per heavy atom. The van der Waals surface area contributed by atoms with Gasteiger partial charge in [0.25, 0.3) is 0 Å². The van der Waals surface area contributed by atoms with E-state index in [1.165, 1.54) is 250 Å². The Labute approximate surface area is 451 Å². The van der Waals surface area contributed by atoms with Gasteiger partial charge in [0.05, 0.1) is 25.4 Å². The molecule has 7 atom stereocenters. The third-order valence-electron chi connectivity index (χ3n) is 15.2. The number of aliphatic hydroxyl groups is 5. The highest BCUT2D eigenvalue weighted by molar-refractivity contribution is 5.76.